The van der Waals surface area contributed by atoms with Crippen molar-refractivity contribution in [1.29, 1.82) is 0 Å². The van der Waals surface area contributed by atoms with Gasteiger partial charge in [-0.15, -0.1) is 0 Å². The predicted molar refractivity (Wildman–Crippen MR) is 51.3 cm³/mol. The van der Waals surface area contributed by atoms with Crippen molar-refractivity contribution >= 4 is 17.7 Å². The Hall–Kier alpha value is -1.22. The zero-order valence-electron chi connectivity index (χ0n) is 7.43. The van der Waals surface area contributed by atoms with Gasteiger partial charge in [-0.3, -0.25) is 0 Å². The molecule has 0 saturated heterocycles. The fourth-order valence-corrected chi connectivity index (χ4v) is 0.956. The predicted octanol–water partition coefficient (Wildman–Crippen LogP) is 2.37. The Morgan fingerprint density at radius 2 is 2.23 bits per heavy atom. The van der Waals surface area contributed by atoms with E-state index in [1.165, 1.54) is 7.05 Å². The summed E-state index contributed by atoms with van der Waals surface area (Å²) in [6.07, 6.45) is -0.485. The van der Waals surface area contributed by atoms with Gasteiger partial charge in [0.05, 0.1) is 0 Å². The molecule has 0 spiro atoms. The number of nitrogens with one attached hydrogen (secondary N) is 1. The summed E-state index contributed by atoms with van der Waals surface area (Å²) in [5.41, 5.74) is 0.878. The van der Waals surface area contributed by atoms with Crippen LogP contribution in [0.5, 0.6) is 5.75 Å². The Balaban J connectivity index is 2.79. The Kier molecular flexibility index (Phi) is 3.14. The van der Waals surface area contributed by atoms with Crippen LogP contribution in [0.25, 0.3) is 0 Å². The topological polar surface area (TPSA) is 38.3 Å². The summed E-state index contributed by atoms with van der Waals surface area (Å²) in [7, 11) is 1.51. The van der Waals surface area contributed by atoms with Crippen LogP contribution in [0.3, 0.4) is 0 Å². The van der Waals surface area contributed by atoms with Crippen molar-refractivity contribution in [2.75, 3.05) is 7.05 Å². The summed E-state index contributed by atoms with van der Waals surface area (Å²) in [6.45, 7) is 1.85. The first kappa shape index (κ1) is 9.86. The molecule has 1 N–H and O–H groups in total. The van der Waals surface area contributed by atoms with Gasteiger partial charge >= 0.3 is 6.09 Å². The number of hydrogen-bond acceptors (Lipinski definition) is 2. The van der Waals surface area contributed by atoms with Gasteiger partial charge in [0.1, 0.15) is 5.75 Å². The number of carbonyl (C=O) groups is 1. The molecule has 1 aromatic rings. The largest absolute Gasteiger partial charge is 0.412 e. The number of aryl methyl sites for hydroxylation is 1. The zero-order chi connectivity index (χ0) is 9.84. The number of benzene rings is 1. The van der Waals surface area contributed by atoms with Crippen LogP contribution in [-0.4, -0.2) is 13.1 Å². The zero-order valence-corrected chi connectivity index (χ0v) is 8.18. The van der Waals surface area contributed by atoms with Gasteiger partial charge < -0.3 is 10.1 Å². The maximum atomic E-state index is 10.8. The van der Waals surface area contributed by atoms with Crippen LogP contribution in [0.1, 0.15) is 5.56 Å². The molecule has 70 valence electrons. The number of ether oxygens (including phenoxy) is 1. The van der Waals surface area contributed by atoms with E-state index in [9.17, 15) is 4.79 Å². The summed E-state index contributed by atoms with van der Waals surface area (Å²) in [5.74, 6) is 0.487. The lowest BCUT2D eigenvalue weighted by Crippen LogP contribution is -2.21. The summed E-state index contributed by atoms with van der Waals surface area (Å²) < 4.78 is 4.89. The minimum Gasteiger partial charge on any atom is -0.410 e. The molecule has 0 saturated carbocycles. The normalized spacial score (nSPS) is 9.46. The molecule has 13 heavy (non-hydrogen) atoms. The van der Waals surface area contributed by atoms with E-state index in [1.807, 2.05) is 6.92 Å². The highest BCUT2D eigenvalue weighted by atomic mass is 35.5. The maximum absolute atomic E-state index is 10.8. The third-order valence-electron chi connectivity index (χ3n) is 1.54. The highest BCUT2D eigenvalue weighted by molar-refractivity contribution is 6.31. The molecule has 0 aliphatic heterocycles. The fourth-order valence-electron chi connectivity index (χ4n) is 0.839. The van der Waals surface area contributed by atoms with Crippen LogP contribution in [0.2, 0.25) is 5.02 Å². The first-order valence-corrected chi connectivity index (χ1v) is 4.17. The molecule has 0 aliphatic carbocycles. The highest BCUT2D eigenvalue weighted by Crippen LogP contribution is 2.20. The van der Waals surface area contributed by atoms with E-state index in [4.69, 9.17) is 16.3 Å². The molecular formula is C9H10ClNO2. The summed E-state index contributed by atoms with van der Waals surface area (Å²) in [5, 5.41) is 3.01. The maximum Gasteiger partial charge on any atom is 0.412 e. The molecule has 0 aliphatic rings. The van der Waals surface area contributed by atoms with E-state index < -0.39 is 6.09 Å². The Labute approximate surface area is 81.7 Å². The van der Waals surface area contributed by atoms with Gasteiger partial charge in [0.2, 0.25) is 0 Å². The second-order valence-electron chi connectivity index (χ2n) is 2.55. The molecule has 0 aromatic heterocycles. The van der Waals surface area contributed by atoms with Crippen molar-refractivity contribution in [3.8, 4) is 5.75 Å². The average molecular weight is 200 g/mol. The van der Waals surface area contributed by atoms with Gasteiger partial charge in [0.25, 0.3) is 0 Å². The van der Waals surface area contributed by atoms with Crippen molar-refractivity contribution in [2.45, 2.75) is 6.92 Å². The minimum atomic E-state index is -0.485. The van der Waals surface area contributed by atoms with Crippen molar-refractivity contribution in [1.82, 2.24) is 5.32 Å². The van der Waals surface area contributed by atoms with E-state index in [2.05, 4.69) is 5.32 Å². The van der Waals surface area contributed by atoms with Crippen LogP contribution >= 0.6 is 11.6 Å². The van der Waals surface area contributed by atoms with E-state index in [1.54, 1.807) is 18.2 Å². The first-order chi connectivity index (χ1) is 6.13. The number of amides is 1. The molecule has 1 amide bonds. The van der Waals surface area contributed by atoms with Gasteiger partial charge in [-0.25, -0.2) is 4.79 Å². The molecule has 0 heterocycles. The average Bonchev–Trinajstić information content (AvgIpc) is 2.11. The van der Waals surface area contributed by atoms with Gasteiger partial charge in [-0.05, 0) is 30.7 Å². The molecule has 0 unspecified atom stereocenters. The van der Waals surface area contributed by atoms with Crippen LogP contribution in [-0.2, 0) is 0 Å². The van der Waals surface area contributed by atoms with E-state index in [0.717, 1.165) is 5.56 Å². The second-order valence-corrected chi connectivity index (χ2v) is 2.96. The molecule has 0 fully saturated rings. The van der Waals surface area contributed by atoms with E-state index in [-0.39, 0.29) is 0 Å². The highest BCUT2D eigenvalue weighted by Gasteiger charge is 2.02. The standard InChI is InChI=1S/C9H10ClNO2/c1-6-5-7(3-4-8(6)10)13-9(12)11-2/h3-5H,1-2H3,(H,11,12). The van der Waals surface area contributed by atoms with E-state index >= 15 is 0 Å². The van der Waals surface area contributed by atoms with Crippen molar-refractivity contribution < 1.29 is 9.53 Å². The Morgan fingerprint density at radius 1 is 1.54 bits per heavy atom. The molecular weight excluding hydrogens is 190 g/mol. The summed E-state index contributed by atoms with van der Waals surface area (Å²) in [6, 6.07) is 5.04. The fraction of sp³-hybridized carbons (Fsp3) is 0.222. The van der Waals surface area contributed by atoms with Crippen LogP contribution in [0.4, 0.5) is 4.79 Å². The smallest absolute Gasteiger partial charge is 0.410 e. The SMILES string of the molecule is CNC(=O)Oc1ccc(Cl)c(C)c1. The molecule has 1 aromatic carbocycles. The lowest BCUT2D eigenvalue weighted by Gasteiger charge is -2.04. The van der Waals surface area contributed by atoms with Crippen LogP contribution < -0.4 is 10.1 Å². The van der Waals surface area contributed by atoms with Gasteiger partial charge in [-0.1, -0.05) is 11.6 Å². The van der Waals surface area contributed by atoms with E-state index in [0.29, 0.717) is 10.8 Å². The Morgan fingerprint density at radius 3 is 2.77 bits per heavy atom. The minimum absolute atomic E-state index is 0.485. The van der Waals surface area contributed by atoms with Crippen molar-refractivity contribution in [2.24, 2.45) is 0 Å². The monoisotopic (exact) mass is 199 g/mol. The first-order valence-electron chi connectivity index (χ1n) is 3.79. The molecule has 0 atom stereocenters. The second kappa shape index (κ2) is 4.14. The van der Waals surface area contributed by atoms with Crippen molar-refractivity contribution in [3.05, 3.63) is 28.8 Å². The Bertz CT molecular complexity index is 325. The number of carbonyl (C=O) groups excluding carboxylic acids is 1. The summed E-state index contributed by atoms with van der Waals surface area (Å²) in [4.78, 5) is 10.8. The molecule has 4 heteroatoms. The van der Waals surface area contributed by atoms with Gasteiger partial charge in [0, 0.05) is 12.1 Å². The van der Waals surface area contributed by atoms with Crippen LogP contribution in [0.15, 0.2) is 18.2 Å². The lowest BCUT2D eigenvalue weighted by molar-refractivity contribution is 0.203. The number of rotatable bonds is 1. The molecule has 1 rings (SSSR count). The molecule has 0 bridgehead atoms. The third-order valence-corrected chi connectivity index (χ3v) is 1.97. The van der Waals surface area contributed by atoms with Gasteiger partial charge in [0.15, 0.2) is 0 Å². The lowest BCUT2D eigenvalue weighted by atomic mass is 10.2. The summed E-state index contributed by atoms with van der Waals surface area (Å²) >= 11 is 5.79. The molecule has 3 nitrogen and oxygen atoms in total. The quantitative estimate of drug-likeness (QED) is 0.754. The van der Waals surface area contributed by atoms with Crippen LogP contribution in [0, 0.1) is 6.92 Å². The molecule has 0 radical (unpaired) electrons. The number of hydrogen-bond donors (Lipinski definition) is 1. The van der Waals surface area contributed by atoms with Crippen molar-refractivity contribution in [3.63, 3.8) is 0 Å². The third kappa shape index (κ3) is 2.63. The van der Waals surface area contributed by atoms with Gasteiger partial charge in [-0.2, -0.15) is 0 Å². The number of halogens is 1.